The molecule has 0 aliphatic carbocycles. The molecule has 6 aromatic carbocycles. The van der Waals surface area contributed by atoms with Crippen LogP contribution in [-0.4, -0.2) is 5.43 Å². The van der Waals surface area contributed by atoms with Gasteiger partial charge in [-0.05, 0) is 10.8 Å². The molecule has 164 valence electrons. The fourth-order valence-corrected chi connectivity index (χ4v) is 4.23. The molecule has 6 rings (SSSR count). The fourth-order valence-electron chi connectivity index (χ4n) is 4.23. The van der Waals surface area contributed by atoms with Crippen LogP contribution < -0.4 is 0 Å². The SMILES string of the molecule is C[Si](C)=[Zr+2].Cc1cc2c(ccc3ccccc32)[cH-]1.Cc1cc2c(ccc3ccccc32)[cH-]1.Cl. The first-order chi connectivity index (χ1) is 15.4. The minimum absolute atomic E-state index is 0. The first-order valence-corrected chi connectivity index (χ1v) is 17.2. The molecule has 0 nitrogen and oxygen atoms in total. The molecule has 0 N–H and O–H groups in total. The van der Waals surface area contributed by atoms with Gasteiger partial charge in [-0.1, -0.05) is 85.3 Å². The molecule has 0 fully saturated rings. The summed E-state index contributed by atoms with van der Waals surface area (Å²) in [6, 6.07) is 34.9. The van der Waals surface area contributed by atoms with Crippen molar-refractivity contribution in [2.45, 2.75) is 26.9 Å². The maximum atomic E-state index is 2.31. The number of fused-ring (bicyclic) bond motifs is 6. The van der Waals surface area contributed by atoms with Gasteiger partial charge in [0, 0.05) is 0 Å². The van der Waals surface area contributed by atoms with Gasteiger partial charge in [-0.3, -0.25) is 0 Å². The zero-order valence-corrected chi connectivity index (χ0v) is 23.9. The van der Waals surface area contributed by atoms with Gasteiger partial charge in [-0.15, -0.1) is 69.3 Å². The second kappa shape index (κ2) is 11.4. The summed E-state index contributed by atoms with van der Waals surface area (Å²) in [5.41, 5.74) is 2.90. The number of benzene rings is 4. The Bertz CT molecular complexity index is 1420. The molecule has 0 saturated heterocycles. The maximum absolute atomic E-state index is 2.31. The molecule has 0 aromatic heterocycles. The third kappa shape index (κ3) is 6.12. The van der Waals surface area contributed by atoms with E-state index in [0.717, 1.165) is 0 Å². The smallest absolute Gasteiger partial charge is 0.0370 e. The van der Waals surface area contributed by atoms with Crippen molar-refractivity contribution in [3.63, 3.8) is 0 Å². The fraction of sp³-hybridized carbons (Fsp3) is 0.133. The van der Waals surface area contributed by atoms with Crippen LogP contribution in [0.15, 0.2) is 97.1 Å². The summed E-state index contributed by atoms with van der Waals surface area (Å²) in [5, 5.41) is 10.8. The number of halogens is 1. The van der Waals surface area contributed by atoms with E-state index < -0.39 is 0 Å². The van der Waals surface area contributed by atoms with Gasteiger partial charge in [0.05, 0.1) is 0 Å². The van der Waals surface area contributed by atoms with Crippen LogP contribution in [0.2, 0.25) is 13.1 Å². The predicted molar refractivity (Wildman–Crippen MR) is 148 cm³/mol. The second-order valence-corrected chi connectivity index (χ2v) is 18.0. The molecule has 0 aliphatic rings. The van der Waals surface area contributed by atoms with Crippen LogP contribution in [-0.2, 0) is 23.3 Å². The molecule has 0 radical (unpaired) electrons. The molecule has 0 saturated carbocycles. The zero-order valence-electron chi connectivity index (χ0n) is 19.6. The van der Waals surface area contributed by atoms with Crippen LogP contribution in [0, 0.1) is 13.8 Å². The summed E-state index contributed by atoms with van der Waals surface area (Å²) in [7, 11) is 0. The third-order valence-electron chi connectivity index (χ3n) is 5.52. The molecule has 0 aliphatic heterocycles. The van der Waals surface area contributed by atoms with Gasteiger partial charge in [-0.2, -0.15) is 12.1 Å². The number of hydrogen-bond acceptors (Lipinski definition) is 0. The standard InChI is InChI=1S/2C14H11.C2H6Si.ClH.Zr/c2*1-10-8-12-7-6-11-4-2-3-5-13(11)14(12)9-10;1-3-2;;/h2*2-9H,1H3;1-2H3;1H;/q2*-1;;;+2. The minimum atomic E-state index is 0. The Kier molecular flexibility index (Phi) is 8.88. The normalized spacial score (nSPS) is 10.4. The van der Waals surface area contributed by atoms with Crippen molar-refractivity contribution >= 4 is 60.9 Å². The molecule has 0 unspecified atom stereocenters. The molecule has 0 spiro atoms. The van der Waals surface area contributed by atoms with Crippen LogP contribution in [0.4, 0.5) is 0 Å². The van der Waals surface area contributed by atoms with E-state index in [-0.39, 0.29) is 17.8 Å². The monoisotopic (exact) mass is 542 g/mol. The number of hydrogen-bond donors (Lipinski definition) is 0. The molecule has 0 heterocycles. The average molecular weight is 544 g/mol. The molecular weight excluding hydrogens is 515 g/mol. The van der Waals surface area contributed by atoms with Crippen molar-refractivity contribution in [2.24, 2.45) is 0 Å². The van der Waals surface area contributed by atoms with Crippen LogP contribution in [0.25, 0.3) is 43.1 Å². The zero-order chi connectivity index (χ0) is 22.7. The van der Waals surface area contributed by atoms with Crippen molar-refractivity contribution in [1.29, 1.82) is 0 Å². The van der Waals surface area contributed by atoms with Crippen LogP contribution in [0.3, 0.4) is 0 Å². The minimum Gasteiger partial charge on any atom is -0.165 e. The van der Waals surface area contributed by atoms with Crippen LogP contribution in [0.1, 0.15) is 11.1 Å². The van der Waals surface area contributed by atoms with Gasteiger partial charge in [-0.25, -0.2) is 0 Å². The van der Waals surface area contributed by atoms with E-state index in [1.54, 1.807) is 23.3 Å². The largest absolute Gasteiger partial charge is 0.165 e. The van der Waals surface area contributed by atoms with E-state index >= 15 is 0 Å². The van der Waals surface area contributed by atoms with Gasteiger partial charge in [0.2, 0.25) is 0 Å². The van der Waals surface area contributed by atoms with Gasteiger partial charge in [0.15, 0.2) is 0 Å². The van der Waals surface area contributed by atoms with Crippen molar-refractivity contribution in [2.75, 3.05) is 0 Å². The van der Waals surface area contributed by atoms with Gasteiger partial charge >= 0.3 is 41.9 Å². The van der Waals surface area contributed by atoms with Crippen molar-refractivity contribution in [1.82, 2.24) is 0 Å². The first-order valence-electron chi connectivity index (χ1n) is 11.0. The summed E-state index contributed by atoms with van der Waals surface area (Å²) >= 11 is 1.74. The Balaban J connectivity index is 0.000000156. The molecule has 0 bridgehead atoms. The van der Waals surface area contributed by atoms with Gasteiger partial charge in [0.1, 0.15) is 0 Å². The molecule has 3 heteroatoms. The summed E-state index contributed by atoms with van der Waals surface area (Å²) in [6.07, 6.45) is 0. The van der Waals surface area contributed by atoms with E-state index in [0.29, 0.717) is 0 Å². The van der Waals surface area contributed by atoms with Gasteiger partial charge < -0.3 is 0 Å². The summed E-state index contributed by atoms with van der Waals surface area (Å²) < 4.78 is 0. The van der Waals surface area contributed by atoms with Crippen LogP contribution in [0.5, 0.6) is 0 Å². The first kappa shape index (κ1) is 25.6. The third-order valence-corrected chi connectivity index (χ3v) is 5.52. The summed E-state index contributed by atoms with van der Waals surface area (Å²) in [5.74, 6) is 0. The Labute approximate surface area is 218 Å². The topological polar surface area (TPSA) is 0 Å². The van der Waals surface area contributed by atoms with E-state index in [2.05, 4.69) is 124 Å². The second-order valence-electron chi connectivity index (χ2n) is 8.64. The Morgan fingerprint density at radius 1 is 0.576 bits per heavy atom. The van der Waals surface area contributed by atoms with E-state index in [4.69, 9.17) is 0 Å². The Morgan fingerprint density at radius 2 is 0.939 bits per heavy atom. The maximum Gasteiger partial charge on any atom is -0.0370 e. The molecule has 0 amide bonds. The summed E-state index contributed by atoms with van der Waals surface area (Å²) in [4.78, 5) is 0. The molecule has 33 heavy (non-hydrogen) atoms. The van der Waals surface area contributed by atoms with Crippen molar-refractivity contribution in [3.8, 4) is 0 Å². The summed E-state index contributed by atoms with van der Waals surface area (Å²) in [6.45, 7) is 8.91. The van der Waals surface area contributed by atoms with Crippen molar-refractivity contribution in [3.05, 3.63) is 108 Å². The Morgan fingerprint density at radius 3 is 1.33 bits per heavy atom. The van der Waals surface area contributed by atoms with Crippen LogP contribution >= 0.6 is 12.4 Å². The van der Waals surface area contributed by atoms with Gasteiger partial charge in [0.25, 0.3) is 0 Å². The quantitative estimate of drug-likeness (QED) is 0.132. The van der Waals surface area contributed by atoms with E-state index in [9.17, 15) is 0 Å². The Hall–Kier alpha value is -1.99. The van der Waals surface area contributed by atoms with E-state index in [1.807, 2.05) is 0 Å². The molecule has 6 aromatic rings. The van der Waals surface area contributed by atoms with Crippen molar-refractivity contribution < 1.29 is 23.3 Å². The van der Waals surface area contributed by atoms with E-state index in [1.165, 1.54) is 54.2 Å². The average Bonchev–Trinajstić information content (AvgIpc) is 3.35. The predicted octanol–water partition coefficient (Wildman–Crippen LogP) is 9.25. The number of aryl methyl sites for hydroxylation is 2. The molecular formula is C30H29ClSiZr. The molecule has 0 atom stereocenters. The number of rotatable bonds is 0.